The molecule has 1 rings (SSSR count). The van der Waals surface area contributed by atoms with Crippen LogP contribution in [-0.2, 0) is 14.3 Å². The van der Waals surface area contributed by atoms with E-state index in [1.54, 1.807) is 20.8 Å². The summed E-state index contributed by atoms with van der Waals surface area (Å²) in [7, 11) is 0. The second kappa shape index (κ2) is 9.79. The standard InChI is InChI=1S/C19H26FNO5/c1-11(2)10-24-18(22)17(12(3)4)26-19(23)21-14-7-8-15(20)16(9-14)25-13(5)6/h7-9,11,13,17H,3,10H2,1-2,4-6H3,(H,21,23). The van der Waals surface area contributed by atoms with Gasteiger partial charge in [-0.25, -0.2) is 14.0 Å². The molecule has 1 amide bonds. The highest BCUT2D eigenvalue weighted by atomic mass is 19.1. The molecule has 1 atom stereocenters. The molecule has 0 bridgehead atoms. The summed E-state index contributed by atoms with van der Waals surface area (Å²) in [5.41, 5.74) is 0.597. The Morgan fingerprint density at radius 3 is 2.42 bits per heavy atom. The molecule has 0 fully saturated rings. The number of rotatable bonds is 8. The van der Waals surface area contributed by atoms with E-state index < -0.39 is 24.0 Å². The third-order valence-corrected chi connectivity index (χ3v) is 2.99. The zero-order chi connectivity index (χ0) is 19.9. The van der Waals surface area contributed by atoms with Gasteiger partial charge in [-0.2, -0.15) is 0 Å². The molecule has 6 nitrogen and oxygen atoms in total. The SMILES string of the molecule is C=C(C)C(OC(=O)Nc1ccc(F)c(OC(C)C)c1)C(=O)OCC(C)C. The highest BCUT2D eigenvalue weighted by Gasteiger charge is 2.26. The summed E-state index contributed by atoms with van der Waals surface area (Å²) in [6.45, 7) is 12.7. The number of esters is 1. The normalized spacial score (nSPS) is 11.8. The summed E-state index contributed by atoms with van der Waals surface area (Å²) in [5, 5.41) is 2.43. The smallest absolute Gasteiger partial charge is 0.412 e. The first-order valence-electron chi connectivity index (χ1n) is 8.36. The Morgan fingerprint density at radius 2 is 1.88 bits per heavy atom. The van der Waals surface area contributed by atoms with Gasteiger partial charge in [0.05, 0.1) is 12.7 Å². The largest absolute Gasteiger partial charge is 0.488 e. The zero-order valence-corrected chi connectivity index (χ0v) is 15.8. The van der Waals surface area contributed by atoms with E-state index in [1.165, 1.54) is 18.2 Å². The van der Waals surface area contributed by atoms with Gasteiger partial charge in [0, 0.05) is 11.8 Å². The van der Waals surface area contributed by atoms with Crippen LogP contribution in [0.1, 0.15) is 34.6 Å². The van der Waals surface area contributed by atoms with E-state index >= 15 is 0 Å². The van der Waals surface area contributed by atoms with Crippen LogP contribution < -0.4 is 10.1 Å². The van der Waals surface area contributed by atoms with E-state index in [1.807, 2.05) is 13.8 Å². The summed E-state index contributed by atoms with van der Waals surface area (Å²) in [6, 6.07) is 3.86. The molecule has 1 unspecified atom stereocenters. The predicted octanol–water partition coefficient (Wildman–Crippen LogP) is 4.31. The summed E-state index contributed by atoms with van der Waals surface area (Å²) >= 11 is 0. The molecule has 0 aliphatic rings. The van der Waals surface area contributed by atoms with Gasteiger partial charge in [-0.15, -0.1) is 0 Å². The molecule has 1 aromatic rings. The van der Waals surface area contributed by atoms with Crippen molar-refractivity contribution in [2.45, 2.75) is 46.8 Å². The van der Waals surface area contributed by atoms with Crippen molar-refractivity contribution in [3.63, 3.8) is 0 Å². The molecule has 1 aromatic carbocycles. The van der Waals surface area contributed by atoms with E-state index in [2.05, 4.69) is 11.9 Å². The Labute approximate surface area is 153 Å². The first-order chi connectivity index (χ1) is 12.1. The minimum absolute atomic E-state index is 0.00518. The number of anilines is 1. The molecule has 0 saturated heterocycles. The molecule has 1 N–H and O–H groups in total. The Balaban J connectivity index is 2.76. The van der Waals surface area contributed by atoms with Gasteiger partial charge in [-0.05, 0) is 44.4 Å². The van der Waals surface area contributed by atoms with Crippen LogP contribution in [0.15, 0.2) is 30.4 Å². The van der Waals surface area contributed by atoms with Crippen LogP contribution in [0.3, 0.4) is 0 Å². The third-order valence-electron chi connectivity index (χ3n) is 2.99. The monoisotopic (exact) mass is 367 g/mol. The fraction of sp³-hybridized carbons (Fsp3) is 0.474. The Morgan fingerprint density at radius 1 is 1.23 bits per heavy atom. The minimum Gasteiger partial charge on any atom is -0.488 e. The zero-order valence-electron chi connectivity index (χ0n) is 15.8. The van der Waals surface area contributed by atoms with Crippen LogP contribution in [0.2, 0.25) is 0 Å². The first-order valence-corrected chi connectivity index (χ1v) is 8.36. The number of carbonyl (C=O) groups excluding carboxylic acids is 2. The van der Waals surface area contributed by atoms with Gasteiger partial charge in [0.2, 0.25) is 6.10 Å². The Hall–Kier alpha value is -2.57. The van der Waals surface area contributed by atoms with Crippen LogP contribution in [0, 0.1) is 11.7 Å². The first kappa shape index (κ1) is 21.5. The molecule has 7 heteroatoms. The maximum Gasteiger partial charge on any atom is 0.412 e. The van der Waals surface area contributed by atoms with Crippen molar-refractivity contribution in [3.8, 4) is 5.75 Å². The second-order valence-electron chi connectivity index (χ2n) is 6.59. The number of amides is 1. The van der Waals surface area contributed by atoms with Crippen molar-refractivity contribution < 1.29 is 28.2 Å². The number of carbonyl (C=O) groups is 2. The highest BCUT2D eigenvalue weighted by molar-refractivity contribution is 5.88. The van der Waals surface area contributed by atoms with E-state index in [-0.39, 0.29) is 30.1 Å². The molecule has 0 heterocycles. The highest BCUT2D eigenvalue weighted by Crippen LogP contribution is 2.23. The van der Waals surface area contributed by atoms with Crippen LogP contribution in [0.5, 0.6) is 5.75 Å². The number of halogens is 1. The van der Waals surface area contributed by atoms with Gasteiger partial charge in [-0.1, -0.05) is 20.4 Å². The fourth-order valence-electron chi connectivity index (χ4n) is 1.85. The lowest BCUT2D eigenvalue weighted by atomic mass is 10.2. The fourth-order valence-corrected chi connectivity index (χ4v) is 1.85. The Kier molecular flexibility index (Phi) is 8.09. The molecule has 144 valence electrons. The molecule has 0 aromatic heterocycles. The van der Waals surface area contributed by atoms with Gasteiger partial charge < -0.3 is 14.2 Å². The van der Waals surface area contributed by atoms with Crippen molar-refractivity contribution in [3.05, 3.63) is 36.2 Å². The van der Waals surface area contributed by atoms with Crippen molar-refractivity contribution in [1.29, 1.82) is 0 Å². The second-order valence-corrected chi connectivity index (χ2v) is 6.59. The molecule has 0 aliphatic heterocycles. The van der Waals surface area contributed by atoms with Crippen LogP contribution in [0.4, 0.5) is 14.9 Å². The molecular weight excluding hydrogens is 341 g/mol. The average molecular weight is 367 g/mol. The molecule has 0 aliphatic carbocycles. The van der Waals surface area contributed by atoms with E-state index in [0.717, 1.165) is 0 Å². The van der Waals surface area contributed by atoms with Gasteiger partial charge in [0.1, 0.15) is 0 Å². The quantitative estimate of drug-likeness (QED) is 0.548. The summed E-state index contributed by atoms with van der Waals surface area (Å²) in [6.07, 6.45) is -2.34. The van der Waals surface area contributed by atoms with Gasteiger partial charge in [0.15, 0.2) is 11.6 Å². The number of ether oxygens (including phenoxy) is 3. The van der Waals surface area contributed by atoms with Crippen LogP contribution in [-0.4, -0.2) is 30.9 Å². The lowest BCUT2D eigenvalue weighted by molar-refractivity contribution is -0.152. The summed E-state index contributed by atoms with van der Waals surface area (Å²) < 4.78 is 29.2. The third kappa shape index (κ3) is 7.13. The van der Waals surface area contributed by atoms with E-state index in [9.17, 15) is 14.0 Å². The topological polar surface area (TPSA) is 73.9 Å². The van der Waals surface area contributed by atoms with Crippen molar-refractivity contribution in [2.75, 3.05) is 11.9 Å². The molecule has 0 radical (unpaired) electrons. The number of hydrogen-bond donors (Lipinski definition) is 1. The minimum atomic E-state index is -1.22. The number of hydrogen-bond acceptors (Lipinski definition) is 5. The van der Waals surface area contributed by atoms with Crippen LogP contribution in [0.25, 0.3) is 0 Å². The summed E-state index contributed by atoms with van der Waals surface area (Å²) in [5.74, 6) is -1.08. The van der Waals surface area contributed by atoms with Gasteiger partial charge in [0.25, 0.3) is 0 Å². The van der Waals surface area contributed by atoms with E-state index in [0.29, 0.717) is 5.57 Å². The van der Waals surface area contributed by atoms with Crippen molar-refractivity contribution in [2.24, 2.45) is 5.92 Å². The lowest BCUT2D eigenvalue weighted by Gasteiger charge is -2.18. The van der Waals surface area contributed by atoms with Crippen molar-refractivity contribution >= 4 is 17.7 Å². The number of benzene rings is 1. The molecular formula is C19H26FNO5. The van der Waals surface area contributed by atoms with Crippen molar-refractivity contribution in [1.82, 2.24) is 0 Å². The predicted molar refractivity (Wildman–Crippen MR) is 96.7 cm³/mol. The summed E-state index contributed by atoms with van der Waals surface area (Å²) in [4.78, 5) is 24.1. The Bertz CT molecular complexity index is 657. The molecule has 0 saturated carbocycles. The number of nitrogens with one attached hydrogen (secondary N) is 1. The lowest BCUT2D eigenvalue weighted by Crippen LogP contribution is -2.32. The van der Waals surface area contributed by atoms with Gasteiger partial charge in [-0.3, -0.25) is 5.32 Å². The van der Waals surface area contributed by atoms with E-state index in [4.69, 9.17) is 14.2 Å². The van der Waals surface area contributed by atoms with Gasteiger partial charge >= 0.3 is 12.1 Å². The average Bonchev–Trinajstić information content (AvgIpc) is 2.52. The molecule has 0 spiro atoms. The maximum atomic E-state index is 13.7. The van der Waals surface area contributed by atoms with Crippen LogP contribution >= 0.6 is 0 Å². The molecule has 26 heavy (non-hydrogen) atoms. The maximum absolute atomic E-state index is 13.7.